The van der Waals surface area contributed by atoms with Crippen LogP contribution in [0.5, 0.6) is 17.2 Å². The van der Waals surface area contributed by atoms with E-state index in [9.17, 15) is 13.6 Å². The Morgan fingerprint density at radius 3 is 2.86 bits per heavy atom. The van der Waals surface area contributed by atoms with Gasteiger partial charge in [0.2, 0.25) is 6.79 Å². The Hall–Kier alpha value is -2.64. The number of hydrogen-bond donors (Lipinski definition) is 0. The van der Waals surface area contributed by atoms with Crippen LogP contribution in [0.2, 0.25) is 0 Å². The average Bonchev–Trinajstić information content (AvgIpc) is 3.12. The lowest BCUT2D eigenvalue weighted by molar-refractivity contribution is 0.0631. The summed E-state index contributed by atoms with van der Waals surface area (Å²) in [5.74, 6) is 1.16. The highest BCUT2D eigenvalue weighted by Gasteiger charge is 2.19. The smallest absolute Gasteiger partial charge is 0.320 e. The van der Waals surface area contributed by atoms with Crippen LogP contribution < -0.4 is 14.2 Å². The van der Waals surface area contributed by atoms with Crippen LogP contribution in [0.15, 0.2) is 24.5 Å². The molecule has 2 heterocycles. The molecule has 1 aliphatic heterocycles. The molecule has 0 spiro atoms. The van der Waals surface area contributed by atoms with Crippen LogP contribution in [0.1, 0.15) is 22.7 Å². The highest BCUT2D eigenvalue weighted by molar-refractivity contribution is 5.81. The Labute approximate surface area is 117 Å². The molecule has 0 unspecified atom stereocenters. The van der Waals surface area contributed by atoms with Crippen LogP contribution in [0.25, 0.3) is 0 Å². The van der Waals surface area contributed by atoms with Gasteiger partial charge in [-0.05, 0) is 6.07 Å². The van der Waals surface area contributed by atoms with Crippen molar-refractivity contribution in [1.82, 2.24) is 9.55 Å². The summed E-state index contributed by atoms with van der Waals surface area (Å²) in [6.07, 6.45) is 3.01. The molecule has 0 aliphatic carbocycles. The van der Waals surface area contributed by atoms with Gasteiger partial charge in [0.1, 0.15) is 12.4 Å². The number of halogens is 2. The van der Waals surface area contributed by atoms with E-state index in [4.69, 9.17) is 14.2 Å². The second kappa shape index (κ2) is 5.39. The van der Waals surface area contributed by atoms with Crippen molar-refractivity contribution in [2.45, 2.75) is 13.2 Å². The van der Waals surface area contributed by atoms with Gasteiger partial charge >= 0.3 is 6.55 Å². The Morgan fingerprint density at radius 2 is 2.14 bits per heavy atom. The number of nitrogens with zero attached hydrogens (tertiary/aromatic N) is 2. The Kier molecular flexibility index (Phi) is 3.43. The number of carbonyl (C=O) groups excluding carboxylic acids is 1. The number of aromatic nitrogens is 2. The molecule has 0 saturated carbocycles. The lowest BCUT2D eigenvalue weighted by Gasteiger charge is -2.10. The van der Waals surface area contributed by atoms with Crippen LogP contribution in [0.3, 0.4) is 0 Å². The number of rotatable bonds is 5. The summed E-state index contributed by atoms with van der Waals surface area (Å²) in [5.41, 5.74) is 0.245. The molecule has 0 fully saturated rings. The summed E-state index contributed by atoms with van der Waals surface area (Å²) in [6, 6.07) is 2.96. The number of alkyl halides is 2. The molecule has 1 aromatic carbocycles. The number of hydrogen-bond acceptors (Lipinski definition) is 5. The minimum atomic E-state index is -2.70. The summed E-state index contributed by atoms with van der Waals surface area (Å²) >= 11 is 0. The molecule has 110 valence electrons. The quantitative estimate of drug-likeness (QED) is 0.793. The second-order valence-corrected chi connectivity index (χ2v) is 4.18. The Morgan fingerprint density at radius 1 is 1.38 bits per heavy atom. The zero-order chi connectivity index (χ0) is 14.8. The van der Waals surface area contributed by atoms with Gasteiger partial charge in [-0.3, -0.25) is 9.36 Å². The molecule has 3 rings (SSSR count). The van der Waals surface area contributed by atoms with Crippen molar-refractivity contribution in [2.24, 2.45) is 0 Å². The predicted octanol–water partition coefficient (Wildman–Crippen LogP) is 2.40. The van der Waals surface area contributed by atoms with E-state index in [1.54, 1.807) is 0 Å². The van der Waals surface area contributed by atoms with E-state index in [0.29, 0.717) is 22.4 Å². The first-order valence-electron chi connectivity index (χ1n) is 6.00. The van der Waals surface area contributed by atoms with Crippen LogP contribution in [-0.2, 0) is 6.61 Å². The normalized spacial score (nSPS) is 12.7. The van der Waals surface area contributed by atoms with Gasteiger partial charge in [0, 0.05) is 18.5 Å². The number of benzene rings is 1. The molecule has 6 nitrogen and oxygen atoms in total. The van der Waals surface area contributed by atoms with Crippen LogP contribution >= 0.6 is 0 Å². The number of imidazole rings is 1. The molecule has 21 heavy (non-hydrogen) atoms. The van der Waals surface area contributed by atoms with Crippen molar-refractivity contribution in [3.05, 3.63) is 35.9 Å². The van der Waals surface area contributed by atoms with Gasteiger partial charge in [0.25, 0.3) is 0 Å². The van der Waals surface area contributed by atoms with Gasteiger partial charge in [-0.15, -0.1) is 0 Å². The molecule has 0 saturated heterocycles. The fourth-order valence-corrected chi connectivity index (χ4v) is 1.93. The lowest BCUT2D eigenvalue weighted by Crippen LogP contribution is -2.08. The maximum Gasteiger partial charge on any atom is 0.320 e. The minimum Gasteiger partial charge on any atom is -0.485 e. The molecule has 1 aliphatic rings. The Balaban J connectivity index is 1.82. The molecule has 0 bridgehead atoms. The molecule has 0 atom stereocenters. The third-order valence-electron chi connectivity index (χ3n) is 2.95. The summed E-state index contributed by atoms with van der Waals surface area (Å²) in [7, 11) is 0. The van der Waals surface area contributed by atoms with E-state index in [0.717, 1.165) is 6.20 Å². The summed E-state index contributed by atoms with van der Waals surface area (Å²) in [5, 5.41) is 0. The first-order chi connectivity index (χ1) is 10.2. The van der Waals surface area contributed by atoms with Gasteiger partial charge in [0.05, 0.1) is 5.56 Å². The van der Waals surface area contributed by atoms with Gasteiger partial charge in [-0.1, -0.05) is 0 Å². The molecular formula is C13H10F2N2O4. The summed E-state index contributed by atoms with van der Waals surface area (Å²) in [4.78, 5) is 14.8. The first-order valence-corrected chi connectivity index (χ1v) is 6.00. The fourth-order valence-electron chi connectivity index (χ4n) is 1.93. The summed E-state index contributed by atoms with van der Waals surface area (Å²) in [6.45, 7) is -2.83. The Bertz CT molecular complexity index is 672. The number of ether oxygens (including phenoxy) is 3. The van der Waals surface area contributed by atoms with E-state index in [1.165, 1.54) is 18.3 Å². The molecule has 0 N–H and O–H groups in total. The van der Waals surface area contributed by atoms with E-state index >= 15 is 0 Å². The van der Waals surface area contributed by atoms with Crippen molar-refractivity contribution >= 4 is 6.29 Å². The van der Waals surface area contributed by atoms with E-state index in [-0.39, 0.29) is 30.5 Å². The van der Waals surface area contributed by atoms with Crippen LogP contribution in [-0.4, -0.2) is 22.6 Å². The molecular weight excluding hydrogens is 286 g/mol. The van der Waals surface area contributed by atoms with Crippen molar-refractivity contribution in [3.63, 3.8) is 0 Å². The zero-order valence-electron chi connectivity index (χ0n) is 10.7. The van der Waals surface area contributed by atoms with Crippen molar-refractivity contribution < 1.29 is 27.8 Å². The highest BCUT2D eigenvalue weighted by Crippen LogP contribution is 2.37. The molecule has 1 aromatic heterocycles. The third kappa shape index (κ3) is 2.51. The lowest BCUT2D eigenvalue weighted by atomic mass is 10.2. The topological polar surface area (TPSA) is 62.6 Å². The van der Waals surface area contributed by atoms with Crippen molar-refractivity contribution in [3.8, 4) is 17.2 Å². The van der Waals surface area contributed by atoms with Crippen LogP contribution in [0, 0.1) is 0 Å². The van der Waals surface area contributed by atoms with Gasteiger partial charge in [-0.25, -0.2) is 4.98 Å². The number of aldehydes is 1. The highest BCUT2D eigenvalue weighted by atomic mass is 19.3. The average molecular weight is 296 g/mol. The monoisotopic (exact) mass is 296 g/mol. The molecule has 0 radical (unpaired) electrons. The molecule has 8 heteroatoms. The standard InChI is InChI=1S/C13H10F2N2O4/c14-13(15)17-2-1-16-12(17)6-19-9-4-11-10(20-7-21-11)3-8(9)5-18/h1-5,13H,6-7H2. The largest absolute Gasteiger partial charge is 0.485 e. The number of carbonyl (C=O) groups is 1. The molecule has 0 amide bonds. The zero-order valence-corrected chi connectivity index (χ0v) is 10.7. The maximum absolute atomic E-state index is 12.7. The van der Waals surface area contributed by atoms with Gasteiger partial charge in [-0.2, -0.15) is 8.78 Å². The van der Waals surface area contributed by atoms with E-state index in [2.05, 4.69) is 4.98 Å². The third-order valence-corrected chi connectivity index (χ3v) is 2.95. The predicted molar refractivity (Wildman–Crippen MR) is 65.8 cm³/mol. The second-order valence-electron chi connectivity index (χ2n) is 4.18. The van der Waals surface area contributed by atoms with Gasteiger partial charge < -0.3 is 14.2 Å². The van der Waals surface area contributed by atoms with Crippen molar-refractivity contribution in [2.75, 3.05) is 6.79 Å². The first kappa shape index (κ1) is 13.3. The SMILES string of the molecule is O=Cc1cc2c(cc1OCc1nccn1C(F)F)OCO2. The van der Waals surface area contributed by atoms with Gasteiger partial charge in [0.15, 0.2) is 23.6 Å². The number of fused-ring (bicyclic) bond motifs is 1. The van der Waals surface area contributed by atoms with Crippen LogP contribution in [0.4, 0.5) is 8.78 Å². The van der Waals surface area contributed by atoms with E-state index < -0.39 is 6.55 Å². The van der Waals surface area contributed by atoms with E-state index in [1.807, 2.05) is 0 Å². The fraction of sp³-hybridized carbons (Fsp3) is 0.231. The van der Waals surface area contributed by atoms with Crippen molar-refractivity contribution in [1.29, 1.82) is 0 Å². The summed E-state index contributed by atoms with van der Waals surface area (Å²) < 4.78 is 41.8. The minimum absolute atomic E-state index is 0.0551. The maximum atomic E-state index is 12.7. The molecule has 2 aromatic rings.